The summed E-state index contributed by atoms with van der Waals surface area (Å²) in [5.74, 6) is 1.05. The van der Waals surface area contributed by atoms with Crippen molar-refractivity contribution >= 4 is 7.75 Å². The zero-order valence-electron chi connectivity index (χ0n) is 13.9. The highest BCUT2D eigenvalue weighted by atomic mass is 31.2. The van der Waals surface area contributed by atoms with Gasteiger partial charge in [-0.25, -0.2) is 9.65 Å². The van der Waals surface area contributed by atoms with Crippen molar-refractivity contribution in [3.63, 3.8) is 0 Å². The van der Waals surface area contributed by atoms with Crippen molar-refractivity contribution in [1.29, 1.82) is 0 Å². The Hall–Kier alpha value is -1.77. The van der Waals surface area contributed by atoms with Gasteiger partial charge in [0.2, 0.25) is 0 Å². The summed E-state index contributed by atoms with van der Waals surface area (Å²) in [7, 11) is -3.47. The zero-order valence-corrected chi connectivity index (χ0v) is 14.8. The van der Waals surface area contributed by atoms with Gasteiger partial charge in [0.15, 0.2) is 0 Å². The Balaban J connectivity index is 2.15. The standard InChI is InChI=1S/C18H24NO3P/c1-4-5-14-19-23(20,21-17-10-6-15(2)7-11-17)22-18-12-8-16(3)9-13-18/h6-13H,4-5,14H2,1-3H3,(H,19,20). The first kappa shape index (κ1) is 17.6. The van der Waals surface area contributed by atoms with Crippen LogP contribution in [-0.4, -0.2) is 6.54 Å². The molecule has 0 saturated heterocycles. The fraction of sp³-hybridized carbons (Fsp3) is 0.333. The first-order valence-corrected chi connectivity index (χ1v) is 9.43. The number of unbranched alkanes of at least 4 members (excludes halogenated alkanes) is 1. The van der Waals surface area contributed by atoms with Crippen molar-refractivity contribution in [3.05, 3.63) is 59.7 Å². The lowest BCUT2D eigenvalue weighted by Crippen LogP contribution is -2.19. The number of hydrogen-bond acceptors (Lipinski definition) is 3. The molecule has 0 aliphatic carbocycles. The van der Waals surface area contributed by atoms with Gasteiger partial charge in [0.25, 0.3) is 0 Å². The minimum absolute atomic E-state index is 0.523. The Morgan fingerprint density at radius 3 is 1.70 bits per heavy atom. The van der Waals surface area contributed by atoms with Crippen LogP contribution in [0.5, 0.6) is 11.5 Å². The Morgan fingerprint density at radius 1 is 0.870 bits per heavy atom. The molecule has 4 nitrogen and oxygen atoms in total. The monoisotopic (exact) mass is 333 g/mol. The molecule has 0 unspecified atom stereocenters. The van der Waals surface area contributed by atoms with Crippen molar-refractivity contribution in [2.75, 3.05) is 6.54 Å². The van der Waals surface area contributed by atoms with E-state index in [0.717, 1.165) is 24.0 Å². The summed E-state index contributed by atoms with van der Waals surface area (Å²) in [6, 6.07) is 14.8. The number of aryl methyl sites for hydroxylation is 2. The van der Waals surface area contributed by atoms with Gasteiger partial charge in [-0.05, 0) is 44.5 Å². The third-order valence-corrected chi connectivity index (χ3v) is 4.84. The minimum Gasteiger partial charge on any atom is -0.405 e. The van der Waals surface area contributed by atoms with E-state index < -0.39 is 7.75 Å². The van der Waals surface area contributed by atoms with Gasteiger partial charge in [0.1, 0.15) is 11.5 Å². The molecule has 0 aliphatic heterocycles. The van der Waals surface area contributed by atoms with Crippen LogP contribution in [0.4, 0.5) is 0 Å². The topological polar surface area (TPSA) is 47.6 Å². The van der Waals surface area contributed by atoms with Crippen LogP contribution in [-0.2, 0) is 4.57 Å². The highest BCUT2D eigenvalue weighted by Crippen LogP contribution is 2.44. The maximum Gasteiger partial charge on any atom is 0.512 e. The van der Waals surface area contributed by atoms with E-state index >= 15 is 0 Å². The van der Waals surface area contributed by atoms with Crippen molar-refractivity contribution in [1.82, 2.24) is 5.09 Å². The molecule has 23 heavy (non-hydrogen) atoms. The lowest BCUT2D eigenvalue weighted by Gasteiger charge is -2.20. The molecule has 0 atom stereocenters. The van der Waals surface area contributed by atoms with Crippen molar-refractivity contribution in [2.45, 2.75) is 33.6 Å². The highest BCUT2D eigenvalue weighted by Gasteiger charge is 2.27. The predicted octanol–water partition coefficient (Wildman–Crippen LogP) is 5.26. The molecule has 0 aromatic heterocycles. The van der Waals surface area contributed by atoms with Crippen molar-refractivity contribution in [2.24, 2.45) is 0 Å². The first-order valence-electron chi connectivity index (χ1n) is 7.88. The molecule has 2 rings (SSSR count). The van der Waals surface area contributed by atoms with E-state index in [1.807, 2.05) is 38.1 Å². The normalized spacial score (nSPS) is 11.3. The summed E-state index contributed by atoms with van der Waals surface area (Å²) in [5, 5.41) is 2.93. The second-order valence-corrected chi connectivity index (χ2v) is 7.24. The molecule has 0 fully saturated rings. The Morgan fingerprint density at radius 2 is 1.30 bits per heavy atom. The van der Waals surface area contributed by atoms with E-state index in [9.17, 15) is 4.57 Å². The van der Waals surface area contributed by atoms with Crippen molar-refractivity contribution in [3.8, 4) is 11.5 Å². The lowest BCUT2D eigenvalue weighted by atomic mass is 10.2. The van der Waals surface area contributed by atoms with Gasteiger partial charge in [-0.15, -0.1) is 0 Å². The second kappa shape index (κ2) is 8.19. The quantitative estimate of drug-likeness (QED) is 0.529. The molecule has 0 bridgehead atoms. The third-order valence-electron chi connectivity index (χ3n) is 3.33. The van der Waals surface area contributed by atoms with Crippen LogP contribution in [0, 0.1) is 13.8 Å². The number of hydrogen-bond donors (Lipinski definition) is 1. The summed E-state index contributed by atoms with van der Waals surface area (Å²) in [6.45, 7) is 6.64. The van der Waals surface area contributed by atoms with E-state index in [-0.39, 0.29) is 0 Å². The molecular formula is C18H24NO3P. The fourth-order valence-corrected chi connectivity index (χ4v) is 3.35. The van der Waals surface area contributed by atoms with E-state index in [2.05, 4.69) is 12.0 Å². The molecule has 0 amide bonds. The predicted molar refractivity (Wildman–Crippen MR) is 94.1 cm³/mol. The highest BCUT2D eigenvalue weighted by molar-refractivity contribution is 7.52. The van der Waals surface area contributed by atoms with Gasteiger partial charge in [-0.1, -0.05) is 48.7 Å². The first-order chi connectivity index (χ1) is 11.0. The average Bonchev–Trinajstić information content (AvgIpc) is 2.52. The molecule has 0 heterocycles. The van der Waals surface area contributed by atoms with E-state index in [1.54, 1.807) is 24.3 Å². The molecule has 0 radical (unpaired) electrons. The molecule has 5 heteroatoms. The van der Waals surface area contributed by atoms with E-state index in [1.165, 1.54) is 0 Å². The second-order valence-electron chi connectivity index (χ2n) is 5.57. The number of nitrogens with one attached hydrogen (secondary N) is 1. The summed E-state index contributed by atoms with van der Waals surface area (Å²) < 4.78 is 24.4. The van der Waals surface area contributed by atoms with Crippen LogP contribution in [0.25, 0.3) is 0 Å². The van der Waals surface area contributed by atoms with Gasteiger partial charge in [0.05, 0.1) is 0 Å². The molecule has 0 spiro atoms. The molecule has 2 aromatic carbocycles. The SMILES string of the molecule is CCCCNP(=O)(Oc1ccc(C)cc1)Oc1ccc(C)cc1. The van der Waals surface area contributed by atoms with Crippen LogP contribution in [0.2, 0.25) is 0 Å². The molecule has 124 valence electrons. The molecule has 2 aromatic rings. The third kappa shape index (κ3) is 5.74. The zero-order chi connectivity index (χ0) is 16.7. The molecule has 0 saturated carbocycles. The van der Waals surface area contributed by atoms with Crippen LogP contribution in [0.1, 0.15) is 30.9 Å². The molecule has 1 N–H and O–H groups in total. The summed E-state index contributed by atoms with van der Waals surface area (Å²) in [5.41, 5.74) is 2.23. The summed E-state index contributed by atoms with van der Waals surface area (Å²) in [6.07, 6.45) is 1.90. The Bertz CT molecular complexity index is 601. The van der Waals surface area contributed by atoms with Crippen LogP contribution >= 0.6 is 7.75 Å². The van der Waals surface area contributed by atoms with E-state index in [4.69, 9.17) is 9.05 Å². The van der Waals surface area contributed by atoms with Gasteiger partial charge < -0.3 is 9.05 Å². The fourth-order valence-electron chi connectivity index (χ4n) is 1.95. The maximum absolute atomic E-state index is 13.0. The number of rotatable bonds is 8. The van der Waals surface area contributed by atoms with Crippen LogP contribution in [0.15, 0.2) is 48.5 Å². The Kier molecular flexibility index (Phi) is 6.26. The summed E-state index contributed by atoms with van der Waals surface area (Å²) >= 11 is 0. The largest absolute Gasteiger partial charge is 0.512 e. The van der Waals surface area contributed by atoms with Gasteiger partial charge in [-0.3, -0.25) is 0 Å². The minimum atomic E-state index is -3.47. The van der Waals surface area contributed by atoms with E-state index in [0.29, 0.717) is 18.0 Å². The van der Waals surface area contributed by atoms with Crippen molar-refractivity contribution < 1.29 is 13.6 Å². The number of benzene rings is 2. The average molecular weight is 333 g/mol. The van der Waals surface area contributed by atoms with Gasteiger partial charge in [0, 0.05) is 6.54 Å². The van der Waals surface area contributed by atoms with Gasteiger partial charge in [-0.2, -0.15) is 0 Å². The smallest absolute Gasteiger partial charge is 0.405 e. The molecule has 0 aliphatic rings. The summed E-state index contributed by atoms with van der Waals surface area (Å²) in [4.78, 5) is 0. The molecular weight excluding hydrogens is 309 g/mol. The van der Waals surface area contributed by atoms with Crippen LogP contribution in [0.3, 0.4) is 0 Å². The Labute approximate surface area is 138 Å². The maximum atomic E-state index is 13.0. The lowest BCUT2D eigenvalue weighted by molar-refractivity contribution is 0.370. The van der Waals surface area contributed by atoms with Gasteiger partial charge >= 0.3 is 7.75 Å². The van der Waals surface area contributed by atoms with Crippen LogP contribution < -0.4 is 14.1 Å².